The van der Waals surface area contributed by atoms with Crippen LogP contribution in [-0.2, 0) is 12.1 Å². The molecule has 184 valence electrons. The van der Waals surface area contributed by atoms with Crippen LogP contribution in [0.3, 0.4) is 0 Å². The van der Waals surface area contributed by atoms with Gasteiger partial charge in [0.1, 0.15) is 0 Å². The molecule has 7 nitrogen and oxygen atoms in total. The fourth-order valence-electron chi connectivity index (χ4n) is 5.50. The van der Waals surface area contributed by atoms with Crippen LogP contribution in [-0.4, -0.2) is 36.1 Å². The van der Waals surface area contributed by atoms with Crippen molar-refractivity contribution in [1.82, 2.24) is 30.1 Å². The van der Waals surface area contributed by atoms with Gasteiger partial charge in [-0.1, -0.05) is 44.7 Å². The van der Waals surface area contributed by atoms with E-state index < -0.39 is 0 Å². The number of H-pyrrole nitrogens is 1. The molecule has 3 aromatic rings. The summed E-state index contributed by atoms with van der Waals surface area (Å²) in [6, 6.07) is 6.85. The van der Waals surface area contributed by atoms with Crippen molar-refractivity contribution in [2.75, 3.05) is 0 Å². The number of pyridine rings is 1. The minimum absolute atomic E-state index is 0.00333. The molecule has 0 aliphatic heterocycles. The Bertz CT molecular complexity index is 1190. The highest BCUT2D eigenvalue weighted by atomic mass is 16.1. The summed E-state index contributed by atoms with van der Waals surface area (Å²) in [5.41, 5.74) is 3.90. The Morgan fingerprint density at radius 2 is 1.88 bits per heavy atom. The molecule has 1 N–H and O–H groups in total. The van der Waals surface area contributed by atoms with Gasteiger partial charge in [0.05, 0.1) is 17.1 Å². The summed E-state index contributed by atoms with van der Waals surface area (Å²) in [5, 5.41) is 14.1. The number of rotatable bonds is 8. The van der Waals surface area contributed by atoms with Gasteiger partial charge in [-0.05, 0) is 86.9 Å². The molecule has 34 heavy (non-hydrogen) atoms. The summed E-state index contributed by atoms with van der Waals surface area (Å²) in [5.74, 6) is 0.906. The lowest BCUT2D eigenvalue weighted by Crippen LogP contribution is -2.42. The largest absolute Gasteiger partial charge is 0.321 e. The number of aryl methyl sites for hydroxylation is 2. The molecular formula is C27H40N6O. The molecule has 0 saturated heterocycles. The highest BCUT2D eigenvalue weighted by Crippen LogP contribution is 2.34. The van der Waals surface area contributed by atoms with Crippen molar-refractivity contribution in [1.29, 1.82) is 0 Å². The second-order valence-electron chi connectivity index (χ2n) is 10.7. The van der Waals surface area contributed by atoms with E-state index in [4.69, 9.17) is 0 Å². The molecule has 1 aliphatic rings. The van der Waals surface area contributed by atoms with Crippen LogP contribution in [0.1, 0.15) is 101 Å². The maximum Gasteiger partial charge on any atom is 0.252 e. The molecule has 1 aliphatic carbocycles. The number of fused-ring (bicyclic) bond motifs is 1. The lowest BCUT2D eigenvalue weighted by Gasteiger charge is -2.40. The maximum absolute atomic E-state index is 13.2. The van der Waals surface area contributed by atoms with E-state index in [1.165, 1.54) is 24.8 Å². The van der Waals surface area contributed by atoms with E-state index in [0.29, 0.717) is 12.6 Å². The summed E-state index contributed by atoms with van der Waals surface area (Å²) < 4.78 is 2.01. The lowest BCUT2D eigenvalue weighted by atomic mass is 9.91. The van der Waals surface area contributed by atoms with Crippen molar-refractivity contribution in [2.24, 2.45) is 0 Å². The van der Waals surface area contributed by atoms with Crippen LogP contribution in [0.4, 0.5) is 0 Å². The van der Waals surface area contributed by atoms with E-state index in [2.05, 4.69) is 85.2 Å². The minimum Gasteiger partial charge on any atom is -0.321 e. The number of aromatic nitrogens is 5. The number of tetrazole rings is 1. The third-order valence-electron chi connectivity index (χ3n) is 7.78. The Labute approximate surface area is 202 Å². The monoisotopic (exact) mass is 464 g/mol. The molecule has 1 atom stereocenters. The highest BCUT2D eigenvalue weighted by Gasteiger charge is 2.34. The zero-order valence-corrected chi connectivity index (χ0v) is 21.7. The van der Waals surface area contributed by atoms with Gasteiger partial charge in [-0.25, -0.2) is 4.68 Å². The van der Waals surface area contributed by atoms with Crippen molar-refractivity contribution < 1.29 is 0 Å². The molecule has 0 bridgehead atoms. The molecule has 0 radical (unpaired) electrons. The average molecular weight is 465 g/mol. The molecule has 2 aromatic heterocycles. The van der Waals surface area contributed by atoms with Gasteiger partial charge in [-0.3, -0.25) is 9.69 Å². The van der Waals surface area contributed by atoms with Crippen molar-refractivity contribution in [3.63, 3.8) is 0 Å². The maximum atomic E-state index is 13.2. The Hall–Kier alpha value is -2.54. The van der Waals surface area contributed by atoms with Crippen LogP contribution in [0.15, 0.2) is 23.0 Å². The third kappa shape index (κ3) is 4.81. The van der Waals surface area contributed by atoms with Crippen LogP contribution >= 0.6 is 0 Å². The van der Waals surface area contributed by atoms with Gasteiger partial charge >= 0.3 is 0 Å². The molecule has 1 aromatic carbocycles. The first-order valence-corrected chi connectivity index (χ1v) is 12.9. The highest BCUT2D eigenvalue weighted by molar-refractivity contribution is 5.82. The van der Waals surface area contributed by atoms with E-state index in [1.54, 1.807) is 0 Å². The fourth-order valence-corrected chi connectivity index (χ4v) is 5.50. The smallest absolute Gasteiger partial charge is 0.252 e. The van der Waals surface area contributed by atoms with Crippen LogP contribution in [0.25, 0.3) is 10.9 Å². The van der Waals surface area contributed by atoms with E-state index >= 15 is 0 Å². The first-order valence-electron chi connectivity index (χ1n) is 12.9. The lowest BCUT2D eigenvalue weighted by molar-refractivity contribution is 0.0801. The molecule has 2 heterocycles. The summed E-state index contributed by atoms with van der Waals surface area (Å²) in [7, 11) is 0. The van der Waals surface area contributed by atoms with Gasteiger partial charge in [0.2, 0.25) is 0 Å². The number of aromatic amines is 1. The zero-order valence-electron chi connectivity index (χ0n) is 21.7. The number of nitrogens with zero attached hydrogens (tertiary/aromatic N) is 5. The Morgan fingerprint density at radius 1 is 1.15 bits per heavy atom. The van der Waals surface area contributed by atoms with Gasteiger partial charge in [0.15, 0.2) is 5.82 Å². The minimum atomic E-state index is -0.167. The Kier molecular flexibility index (Phi) is 7.22. The molecule has 1 saturated carbocycles. The van der Waals surface area contributed by atoms with E-state index in [1.807, 2.05) is 4.68 Å². The van der Waals surface area contributed by atoms with Crippen molar-refractivity contribution in [2.45, 2.75) is 111 Å². The molecule has 0 amide bonds. The second kappa shape index (κ2) is 9.98. The standard InChI is InChI=1S/C27H40N6O/c1-7-23(25-29-30-31-33(25)27(5,6)8-2)32(22-12-10-9-11-13-22)17-21-16-20-15-18(3)14-19(4)24(20)28-26(21)34/h14-16,22-23H,7-13,17H2,1-6H3,(H,28,34)/t23-/m1/s1. The topological polar surface area (TPSA) is 79.7 Å². The molecule has 7 heteroatoms. The second-order valence-corrected chi connectivity index (χ2v) is 10.7. The normalized spacial score (nSPS) is 16.4. The van der Waals surface area contributed by atoms with Crippen molar-refractivity contribution >= 4 is 10.9 Å². The molecule has 4 rings (SSSR count). The Morgan fingerprint density at radius 3 is 2.56 bits per heavy atom. The van der Waals surface area contributed by atoms with Crippen LogP contribution in [0.5, 0.6) is 0 Å². The van der Waals surface area contributed by atoms with Gasteiger partial charge in [-0.15, -0.1) is 5.10 Å². The summed E-state index contributed by atoms with van der Waals surface area (Å²) in [6.07, 6.45) is 7.88. The molecule has 0 unspecified atom stereocenters. The average Bonchev–Trinajstić information content (AvgIpc) is 3.31. The van der Waals surface area contributed by atoms with Crippen molar-refractivity contribution in [3.05, 3.63) is 51.1 Å². The summed E-state index contributed by atoms with van der Waals surface area (Å²) >= 11 is 0. The first-order chi connectivity index (χ1) is 16.2. The summed E-state index contributed by atoms with van der Waals surface area (Å²) in [4.78, 5) is 18.9. The molecule has 1 fully saturated rings. The number of hydrogen-bond donors (Lipinski definition) is 1. The zero-order chi connectivity index (χ0) is 24.5. The quantitative estimate of drug-likeness (QED) is 0.472. The van der Waals surface area contributed by atoms with E-state index in [0.717, 1.165) is 53.5 Å². The van der Waals surface area contributed by atoms with E-state index in [9.17, 15) is 4.79 Å². The van der Waals surface area contributed by atoms with Gasteiger partial charge in [0.25, 0.3) is 5.56 Å². The predicted octanol–water partition coefficient (Wildman–Crippen LogP) is 5.56. The summed E-state index contributed by atoms with van der Waals surface area (Å²) in [6.45, 7) is 13.5. The molecule has 0 spiro atoms. The Balaban J connectivity index is 1.78. The van der Waals surface area contributed by atoms with Gasteiger partial charge in [0, 0.05) is 18.2 Å². The SMILES string of the molecule is CC[C@H](c1nnnn1C(C)(C)CC)N(Cc1cc2cc(C)cc(C)c2[nH]c1=O)C1CCCCC1. The first kappa shape index (κ1) is 24.6. The van der Waals surface area contributed by atoms with Crippen molar-refractivity contribution in [3.8, 4) is 0 Å². The van der Waals surface area contributed by atoms with Crippen LogP contribution in [0.2, 0.25) is 0 Å². The third-order valence-corrected chi connectivity index (χ3v) is 7.78. The number of benzene rings is 1. The number of nitrogens with one attached hydrogen (secondary N) is 1. The van der Waals surface area contributed by atoms with E-state index in [-0.39, 0.29) is 17.1 Å². The predicted molar refractivity (Wildman–Crippen MR) is 137 cm³/mol. The van der Waals surface area contributed by atoms with Crippen LogP contribution in [0, 0.1) is 13.8 Å². The number of hydrogen-bond acceptors (Lipinski definition) is 5. The van der Waals surface area contributed by atoms with Gasteiger partial charge in [-0.2, -0.15) is 0 Å². The fraction of sp³-hybridized carbons (Fsp3) is 0.630. The van der Waals surface area contributed by atoms with Gasteiger partial charge < -0.3 is 4.98 Å². The molecular weight excluding hydrogens is 424 g/mol. The van der Waals surface area contributed by atoms with Crippen LogP contribution < -0.4 is 5.56 Å².